The monoisotopic (exact) mass is 225 g/mol. The number of hydrogen-bond acceptors (Lipinski definition) is 4. The zero-order valence-electron chi connectivity index (χ0n) is 8.10. The number of aliphatic carboxylic acids is 1. The van der Waals surface area contributed by atoms with E-state index in [1.54, 1.807) is 10.9 Å². The second kappa shape index (κ2) is 3.73. The number of nitrogens with zero attached hydrogens (tertiary/aromatic N) is 1. The summed E-state index contributed by atoms with van der Waals surface area (Å²) >= 11 is 1.39. The van der Waals surface area contributed by atoms with Gasteiger partial charge in [0.25, 0.3) is 0 Å². The molecule has 80 valence electrons. The highest BCUT2D eigenvalue weighted by atomic mass is 32.1. The van der Waals surface area contributed by atoms with Crippen LogP contribution in [0.2, 0.25) is 0 Å². The topological polar surface area (TPSA) is 67.3 Å². The molecule has 1 aliphatic rings. The van der Waals surface area contributed by atoms with Gasteiger partial charge >= 0.3 is 5.97 Å². The fourth-order valence-corrected chi connectivity index (χ4v) is 2.63. The van der Waals surface area contributed by atoms with Gasteiger partial charge in [-0.1, -0.05) is 0 Å². The Hall–Kier alpha value is -1.23. The van der Waals surface area contributed by atoms with E-state index < -0.39 is 11.4 Å². The van der Waals surface area contributed by atoms with Crippen molar-refractivity contribution in [2.24, 2.45) is 0 Å². The average Bonchev–Trinajstić information content (AvgIpc) is 2.72. The zero-order valence-corrected chi connectivity index (χ0v) is 8.92. The molecular weight excluding hydrogens is 214 g/mol. The summed E-state index contributed by atoms with van der Waals surface area (Å²) in [5.74, 6) is -0.706. The van der Waals surface area contributed by atoms with Crippen LogP contribution in [0.1, 0.15) is 31.4 Å². The van der Waals surface area contributed by atoms with E-state index in [0.717, 1.165) is 0 Å². The zero-order chi connectivity index (χ0) is 10.9. The molecule has 0 atom stereocenters. The van der Waals surface area contributed by atoms with Crippen LogP contribution < -0.4 is 0 Å². The molecule has 0 unspecified atom stereocenters. The lowest BCUT2D eigenvalue weighted by Gasteiger charge is -2.30. The Morgan fingerprint density at radius 2 is 2.13 bits per heavy atom. The molecule has 4 nitrogen and oxygen atoms in total. The lowest BCUT2D eigenvalue weighted by atomic mass is 9.72. The van der Waals surface area contributed by atoms with Crippen LogP contribution in [0.25, 0.3) is 0 Å². The molecule has 0 saturated heterocycles. The highest BCUT2D eigenvalue weighted by Gasteiger charge is 2.44. The Bertz CT molecular complexity index is 375. The molecule has 1 heterocycles. The van der Waals surface area contributed by atoms with Gasteiger partial charge in [-0.25, -0.2) is 4.98 Å². The summed E-state index contributed by atoms with van der Waals surface area (Å²) in [5, 5.41) is 11.1. The molecule has 0 aliphatic heterocycles. The molecule has 2 rings (SSSR count). The predicted octanol–water partition coefficient (Wildman–Crippen LogP) is 1.61. The lowest BCUT2D eigenvalue weighted by molar-refractivity contribution is -0.146. The van der Waals surface area contributed by atoms with Gasteiger partial charge in [-0.15, -0.1) is 11.3 Å². The van der Waals surface area contributed by atoms with E-state index in [2.05, 4.69) is 4.98 Å². The largest absolute Gasteiger partial charge is 0.481 e. The molecule has 1 aliphatic carbocycles. The minimum Gasteiger partial charge on any atom is -0.481 e. The van der Waals surface area contributed by atoms with Crippen molar-refractivity contribution in [2.75, 3.05) is 0 Å². The van der Waals surface area contributed by atoms with E-state index in [0.29, 0.717) is 31.4 Å². The Morgan fingerprint density at radius 1 is 1.47 bits per heavy atom. The third kappa shape index (κ3) is 1.67. The number of carboxylic acid groups (broad SMARTS) is 1. The number of carbonyl (C=O) groups excluding carboxylic acids is 1. The summed E-state index contributed by atoms with van der Waals surface area (Å²) in [4.78, 5) is 26.6. The molecule has 0 radical (unpaired) electrons. The van der Waals surface area contributed by atoms with Crippen molar-refractivity contribution in [3.8, 4) is 0 Å². The molecule has 15 heavy (non-hydrogen) atoms. The maximum Gasteiger partial charge on any atom is 0.315 e. The van der Waals surface area contributed by atoms with Crippen molar-refractivity contribution >= 4 is 23.1 Å². The minimum absolute atomic E-state index is 0.155. The van der Waals surface area contributed by atoms with Crippen molar-refractivity contribution in [2.45, 2.75) is 31.1 Å². The highest BCUT2D eigenvalue weighted by Crippen LogP contribution is 2.38. The minimum atomic E-state index is -0.923. The number of thiazole rings is 1. The highest BCUT2D eigenvalue weighted by molar-refractivity contribution is 7.07. The number of carbonyl (C=O) groups is 2. The molecule has 1 aromatic rings. The molecule has 0 aromatic carbocycles. The van der Waals surface area contributed by atoms with Crippen LogP contribution in [-0.2, 0) is 15.0 Å². The summed E-state index contributed by atoms with van der Waals surface area (Å²) in [7, 11) is 0. The first-order valence-electron chi connectivity index (χ1n) is 4.79. The van der Waals surface area contributed by atoms with Crippen molar-refractivity contribution in [1.82, 2.24) is 4.98 Å². The first-order chi connectivity index (χ1) is 7.15. The summed E-state index contributed by atoms with van der Waals surface area (Å²) in [6.07, 6.45) is 1.46. The number of rotatable bonds is 2. The molecule has 0 spiro atoms. The Labute approximate surface area is 91.0 Å². The quantitative estimate of drug-likeness (QED) is 0.830. The van der Waals surface area contributed by atoms with Gasteiger partial charge in [-0.3, -0.25) is 9.59 Å². The summed E-state index contributed by atoms with van der Waals surface area (Å²) < 4.78 is 0. The first kappa shape index (κ1) is 10.3. The molecule has 1 aromatic heterocycles. The SMILES string of the molecule is O=C1CCC(C(=O)O)(c2cscn2)CC1. The maximum absolute atomic E-state index is 11.3. The van der Waals surface area contributed by atoms with Crippen molar-refractivity contribution in [3.05, 3.63) is 16.6 Å². The van der Waals surface area contributed by atoms with Crippen molar-refractivity contribution < 1.29 is 14.7 Å². The van der Waals surface area contributed by atoms with Gasteiger partial charge in [0, 0.05) is 18.2 Å². The fraction of sp³-hybridized carbons (Fsp3) is 0.500. The smallest absolute Gasteiger partial charge is 0.315 e. The second-order valence-corrected chi connectivity index (χ2v) is 4.52. The third-order valence-corrected chi connectivity index (χ3v) is 3.58. The molecule has 5 heteroatoms. The third-order valence-electron chi connectivity index (χ3n) is 2.99. The molecule has 1 saturated carbocycles. The van der Waals surface area contributed by atoms with Crippen LogP contribution in [0.4, 0.5) is 0 Å². The maximum atomic E-state index is 11.3. The Morgan fingerprint density at radius 3 is 2.60 bits per heavy atom. The lowest BCUT2D eigenvalue weighted by Crippen LogP contribution is -2.40. The van der Waals surface area contributed by atoms with Gasteiger partial charge < -0.3 is 5.11 Å². The van der Waals surface area contributed by atoms with Crippen molar-refractivity contribution in [1.29, 1.82) is 0 Å². The summed E-state index contributed by atoms with van der Waals surface area (Å²) in [6.45, 7) is 0. The fourth-order valence-electron chi connectivity index (χ4n) is 1.98. The Balaban J connectivity index is 2.34. The van der Waals surface area contributed by atoms with Crippen LogP contribution in [0.3, 0.4) is 0 Å². The van der Waals surface area contributed by atoms with E-state index in [4.69, 9.17) is 0 Å². The molecule has 0 amide bonds. The van der Waals surface area contributed by atoms with Crippen LogP contribution >= 0.6 is 11.3 Å². The van der Waals surface area contributed by atoms with Crippen LogP contribution in [-0.4, -0.2) is 21.8 Å². The molecule has 1 fully saturated rings. The Kier molecular flexibility index (Phi) is 2.56. The van der Waals surface area contributed by atoms with Gasteiger partial charge in [0.05, 0.1) is 11.2 Å². The van der Waals surface area contributed by atoms with E-state index in [9.17, 15) is 14.7 Å². The van der Waals surface area contributed by atoms with Gasteiger partial charge in [0.2, 0.25) is 0 Å². The number of carboxylic acids is 1. The van der Waals surface area contributed by atoms with Gasteiger partial charge in [0.1, 0.15) is 11.2 Å². The van der Waals surface area contributed by atoms with E-state index in [1.165, 1.54) is 11.3 Å². The molecular formula is C10H11NO3S. The number of hydrogen-bond donors (Lipinski definition) is 1. The van der Waals surface area contributed by atoms with Gasteiger partial charge in [-0.05, 0) is 12.8 Å². The van der Waals surface area contributed by atoms with E-state index in [1.807, 2.05) is 0 Å². The number of ketones is 1. The predicted molar refractivity (Wildman–Crippen MR) is 54.9 cm³/mol. The first-order valence-corrected chi connectivity index (χ1v) is 5.73. The van der Waals surface area contributed by atoms with E-state index >= 15 is 0 Å². The summed E-state index contributed by atoms with van der Waals surface area (Å²) in [6, 6.07) is 0. The van der Waals surface area contributed by atoms with Gasteiger partial charge in [-0.2, -0.15) is 0 Å². The van der Waals surface area contributed by atoms with Crippen molar-refractivity contribution in [3.63, 3.8) is 0 Å². The van der Waals surface area contributed by atoms with Gasteiger partial charge in [0.15, 0.2) is 0 Å². The number of aromatic nitrogens is 1. The molecule has 1 N–H and O–H groups in total. The average molecular weight is 225 g/mol. The van der Waals surface area contributed by atoms with Crippen LogP contribution in [0.15, 0.2) is 10.9 Å². The summed E-state index contributed by atoms with van der Waals surface area (Å²) in [5.41, 5.74) is 1.32. The normalized spacial score (nSPS) is 20.1. The second-order valence-electron chi connectivity index (χ2n) is 3.80. The van der Waals surface area contributed by atoms with Crippen LogP contribution in [0.5, 0.6) is 0 Å². The standard InChI is InChI=1S/C10H11NO3S/c12-7-1-3-10(4-2-7,9(13)14)8-5-15-6-11-8/h5-6H,1-4H2,(H,13,14). The number of Topliss-reactive ketones (excluding diaryl/α,β-unsaturated/α-hetero) is 1. The van der Waals surface area contributed by atoms with E-state index in [-0.39, 0.29) is 5.78 Å². The molecule has 0 bridgehead atoms. The van der Waals surface area contributed by atoms with Crippen LogP contribution in [0, 0.1) is 0 Å².